The fraction of sp³-hybridized carbons (Fsp3) is 0.0714. The smallest absolute Gasteiger partial charge is 0.308 e. The second-order valence-electron chi connectivity index (χ2n) is 3.91. The topological polar surface area (TPSA) is 52.3 Å². The van der Waals surface area contributed by atoms with Crippen molar-refractivity contribution in [1.29, 1.82) is 0 Å². The van der Waals surface area contributed by atoms with Gasteiger partial charge in [0.25, 0.3) is 0 Å². The molecular formula is C14H11Cl2NO2. The number of esters is 1. The van der Waals surface area contributed by atoms with E-state index >= 15 is 0 Å². The maximum Gasteiger partial charge on any atom is 0.308 e. The van der Waals surface area contributed by atoms with Crippen LogP contribution in [0.2, 0.25) is 10.0 Å². The van der Waals surface area contributed by atoms with E-state index in [1.54, 1.807) is 36.4 Å². The van der Waals surface area contributed by atoms with Crippen molar-refractivity contribution < 1.29 is 9.53 Å². The van der Waals surface area contributed by atoms with Gasteiger partial charge in [0.05, 0.1) is 5.69 Å². The van der Waals surface area contributed by atoms with Gasteiger partial charge in [0, 0.05) is 28.1 Å². The SMILES string of the molecule is CC(=O)Oc1cccc(-c2c(Cl)cccc2Cl)c1N. The molecule has 0 atom stereocenters. The molecule has 0 fully saturated rings. The van der Waals surface area contributed by atoms with E-state index in [0.717, 1.165) is 0 Å². The largest absolute Gasteiger partial charge is 0.424 e. The summed E-state index contributed by atoms with van der Waals surface area (Å²) in [5, 5.41) is 0.971. The number of hydrogen-bond donors (Lipinski definition) is 1. The Kier molecular flexibility index (Phi) is 3.98. The van der Waals surface area contributed by atoms with E-state index in [4.69, 9.17) is 33.7 Å². The zero-order chi connectivity index (χ0) is 14.0. The summed E-state index contributed by atoms with van der Waals surface area (Å²) in [6.07, 6.45) is 0. The first kappa shape index (κ1) is 13.7. The van der Waals surface area contributed by atoms with Crippen molar-refractivity contribution in [2.75, 3.05) is 5.73 Å². The van der Waals surface area contributed by atoms with E-state index in [2.05, 4.69) is 0 Å². The molecule has 0 radical (unpaired) electrons. The van der Waals surface area contributed by atoms with Crippen molar-refractivity contribution in [3.63, 3.8) is 0 Å². The predicted molar refractivity (Wildman–Crippen MR) is 77.6 cm³/mol. The van der Waals surface area contributed by atoms with Gasteiger partial charge in [0.15, 0.2) is 5.75 Å². The average Bonchev–Trinajstić information content (AvgIpc) is 2.33. The Bertz CT molecular complexity index is 621. The number of carbonyl (C=O) groups excluding carboxylic acids is 1. The first-order chi connectivity index (χ1) is 9.00. The third-order valence-electron chi connectivity index (χ3n) is 2.55. The first-order valence-corrected chi connectivity index (χ1v) is 6.27. The van der Waals surface area contributed by atoms with Crippen molar-refractivity contribution in [3.8, 4) is 16.9 Å². The number of benzene rings is 2. The fourth-order valence-electron chi connectivity index (χ4n) is 1.76. The third kappa shape index (κ3) is 2.83. The Hall–Kier alpha value is -1.71. The summed E-state index contributed by atoms with van der Waals surface area (Å²) in [4.78, 5) is 11.0. The second kappa shape index (κ2) is 5.51. The molecule has 2 aromatic rings. The van der Waals surface area contributed by atoms with Gasteiger partial charge >= 0.3 is 5.97 Å². The summed E-state index contributed by atoms with van der Waals surface area (Å²) >= 11 is 12.3. The highest BCUT2D eigenvalue weighted by atomic mass is 35.5. The number of halogens is 2. The van der Waals surface area contributed by atoms with Gasteiger partial charge in [-0.15, -0.1) is 0 Å². The van der Waals surface area contributed by atoms with Crippen LogP contribution in [0.1, 0.15) is 6.92 Å². The Morgan fingerprint density at radius 2 is 1.68 bits per heavy atom. The summed E-state index contributed by atoms with van der Waals surface area (Å²) in [7, 11) is 0. The molecule has 0 heterocycles. The number of nitrogens with two attached hydrogens (primary N) is 1. The maximum absolute atomic E-state index is 11.0. The van der Waals surface area contributed by atoms with Gasteiger partial charge in [0.1, 0.15) is 0 Å². The summed E-state index contributed by atoms with van der Waals surface area (Å²) in [5.41, 5.74) is 7.59. The number of ether oxygens (including phenoxy) is 1. The van der Waals surface area contributed by atoms with Crippen molar-refractivity contribution in [2.45, 2.75) is 6.92 Å². The molecule has 0 saturated carbocycles. The van der Waals surface area contributed by atoms with Crippen molar-refractivity contribution in [3.05, 3.63) is 46.4 Å². The lowest BCUT2D eigenvalue weighted by Crippen LogP contribution is -2.04. The third-order valence-corrected chi connectivity index (χ3v) is 3.18. The van der Waals surface area contributed by atoms with Gasteiger partial charge in [-0.3, -0.25) is 4.79 Å². The molecule has 0 aromatic heterocycles. The Labute approximate surface area is 120 Å². The molecule has 0 unspecified atom stereocenters. The number of nitrogen functional groups attached to an aromatic ring is 1. The van der Waals surface area contributed by atoms with E-state index < -0.39 is 5.97 Å². The van der Waals surface area contributed by atoms with Crippen LogP contribution in [-0.4, -0.2) is 5.97 Å². The quantitative estimate of drug-likeness (QED) is 0.514. The van der Waals surface area contributed by atoms with Crippen LogP contribution in [0.25, 0.3) is 11.1 Å². The summed E-state index contributed by atoms with van der Waals surface area (Å²) in [6.45, 7) is 1.31. The van der Waals surface area contributed by atoms with E-state index in [9.17, 15) is 4.79 Å². The lowest BCUT2D eigenvalue weighted by Gasteiger charge is -2.12. The van der Waals surface area contributed by atoms with Crippen molar-refractivity contribution >= 4 is 34.9 Å². The molecule has 2 aromatic carbocycles. The number of para-hydroxylation sites is 1. The molecule has 19 heavy (non-hydrogen) atoms. The number of anilines is 1. The van der Waals surface area contributed by atoms with Crippen LogP contribution >= 0.6 is 23.2 Å². The normalized spacial score (nSPS) is 10.3. The van der Waals surface area contributed by atoms with Gasteiger partial charge in [-0.05, 0) is 18.2 Å². The predicted octanol–water partition coefficient (Wildman–Crippen LogP) is 4.17. The molecule has 0 saturated heterocycles. The zero-order valence-electron chi connectivity index (χ0n) is 10.1. The van der Waals surface area contributed by atoms with Crippen LogP contribution in [0.3, 0.4) is 0 Å². The molecule has 0 aliphatic rings. The summed E-state index contributed by atoms with van der Waals surface area (Å²) < 4.78 is 5.04. The Balaban J connectivity index is 2.60. The highest BCUT2D eigenvalue weighted by Crippen LogP contribution is 2.40. The standard InChI is InChI=1S/C14H11Cl2NO2/c1-8(18)19-12-7-2-4-9(14(12)17)13-10(15)5-3-6-11(13)16/h2-7H,17H2,1H3. The molecule has 2 rings (SSSR count). The highest BCUT2D eigenvalue weighted by Gasteiger charge is 2.14. The molecule has 0 aliphatic carbocycles. The lowest BCUT2D eigenvalue weighted by molar-refractivity contribution is -0.131. The van der Waals surface area contributed by atoms with Gasteiger partial charge in [0.2, 0.25) is 0 Å². The van der Waals surface area contributed by atoms with Gasteiger partial charge < -0.3 is 10.5 Å². The van der Waals surface area contributed by atoms with Crippen LogP contribution in [0.5, 0.6) is 5.75 Å². The molecule has 0 amide bonds. The molecule has 0 bridgehead atoms. The molecule has 98 valence electrons. The molecule has 3 nitrogen and oxygen atoms in total. The molecule has 5 heteroatoms. The van der Waals surface area contributed by atoms with Crippen molar-refractivity contribution in [2.24, 2.45) is 0 Å². The van der Waals surface area contributed by atoms with E-state index in [-0.39, 0.29) is 0 Å². The van der Waals surface area contributed by atoms with E-state index in [1.165, 1.54) is 6.92 Å². The Morgan fingerprint density at radius 3 is 2.26 bits per heavy atom. The monoisotopic (exact) mass is 295 g/mol. The van der Waals surface area contributed by atoms with E-state index in [0.29, 0.717) is 32.6 Å². The molecular weight excluding hydrogens is 285 g/mol. The lowest BCUT2D eigenvalue weighted by atomic mass is 10.0. The molecule has 0 aliphatic heterocycles. The molecule has 0 spiro atoms. The average molecular weight is 296 g/mol. The molecule has 2 N–H and O–H groups in total. The summed E-state index contributed by atoms with van der Waals surface area (Å²) in [5.74, 6) is -0.143. The number of carbonyl (C=O) groups is 1. The Morgan fingerprint density at radius 1 is 1.11 bits per heavy atom. The highest BCUT2D eigenvalue weighted by molar-refractivity contribution is 6.39. The minimum absolute atomic E-state index is 0.293. The van der Waals surface area contributed by atoms with Gasteiger partial charge in [-0.2, -0.15) is 0 Å². The van der Waals surface area contributed by atoms with Crippen LogP contribution < -0.4 is 10.5 Å². The van der Waals surface area contributed by atoms with Crippen LogP contribution in [-0.2, 0) is 4.79 Å². The van der Waals surface area contributed by atoms with Gasteiger partial charge in [-0.1, -0.05) is 41.4 Å². The second-order valence-corrected chi connectivity index (χ2v) is 4.72. The number of rotatable bonds is 2. The minimum atomic E-state index is -0.436. The first-order valence-electron chi connectivity index (χ1n) is 5.52. The fourth-order valence-corrected chi connectivity index (χ4v) is 2.36. The van der Waals surface area contributed by atoms with E-state index in [1.807, 2.05) is 0 Å². The van der Waals surface area contributed by atoms with Crippen LogP contribution in [0, 0.1) is 0 Å². The van der Waals surface area contributed by atoms with Crippen LogP contribution in [0.4, 0.5) is 5.69 Å². The zero-order valence-corrected chi connectivity index (χ0v) is 11.6. The minimum Gasteiger partial charge on any atom is -0.424 e. The van der Waals surface area contributed by atoms with Crippen LogP contribution in [0.15, 0.2) is 36.4 Å². The van der Waals surface area contributed by atoms with Crippen molar-refractivity contribution in [1.82, 2.24) is 0 Å². The van der Waals surface area contributed by atoms with Gasteiger partial charge in [-0.25, -0.2) is 0 Å². The number of hydrogen-bond acceptors (Lipinski definition) is 3. The maximum atomic E-state index is 11.0. The summed E-state index contributed by atoms with van der Waals surface area (Å²) in [6, 6.07) is 10.3.